The normalized spacial score (nSPS) is 16.7. The molecular formula is C30H35NO3S. The standard InChI is InChI=1S/C30H35NO3S/c1-34-24-14-15-25-27(19-24)35-30(22-9-3-2-4-10-22)29(25)26-18-21(12-13-23(26)20-32)8-7-11-28(33)31-16-5-6-17-31/h12-15,18-20,22H,2-11,16-17H2,1H3. The van der Waals surface area contributed by atoms with Crippen molar-refractivity contribution in [3.8, 4) is 16.9 Å². The van der Waals surface area contributed by atoms with Gasteiger partial charge in [-0.3, -0.25) is 9.59 Å². The zero-order chi connectivity index (χ0) is 24.2. The summed E-state index contributed by atoms with van der Waals surface area (Å²) in [6.45, 7) is 1.83. The highest BCUT2D eigenvalue weighted by Gasteiger charge is 2.25. The zero-order valence-electron chi connectivity index (χ0n) is 20.7. The van der Waals surface area contributed by atoms with E-state index in [2.05, 4.69) is 24.3 Å². The molecule has 3 aromatic rings. The number of methoxy groups -OCH3 is 1. The molecular weight excluding hydrogens is 454 g/mol. The summed E-state index contributed by atoms with van der Waals surface area (Å²) in [4.78, 5) is 28.0. The van der Waals surface area contributed by atoms with E-state index in [0.717, 1.165) is 61.9 Å². The van der Waals surface area contributed by atoms with Crippen LogP contribution >= 0.6 is 11.3 Å². The van der Waals surface area contributed by atoms with Gasteiger partial charge in [-0.25, -0.2) is 0 Å². The third-order valence-electron chi connectivity index (χ3n) is 7.73. The smallest absolute Gasteiger partial charge is 0.222 e. The van der Waals surface area contributed by atoms with E-state index >= 15 is 0 Å². The highest BCUT2D eigenvalue weighted by Crippen LogP contribution is 2.48. The Hall–Kier alpha value is -2.66. The lowest BCUT2D eigenvalue weighted by molar-refractivity contribution is -0.130. The van der Waals surface area contributed by atoms with E-state index in [0.29, 0.717) is 12.3 Å². The number of rotatable bonds is 8. The van der Waals surface area contributed by atoms with Crippen LogP contribution in [0.3, 0.4) is 0 Å². The number of aldehydes is 1. The summed E-state index contributed by atoms with van der Waals surface area (Å²) in [6, 6.07) is 12.6. The molecule has 0 radical (unpaired) electrons. The van der Waals surface area contributed by atoms with Crippen LogP contribution < -0.4 is 4.74 Å². The molecule has 0 bridgehead atoms. The van der Waals surface area contributed by atoms with Gasteiger partial charge in [-0.2, -0.15) is 0 Å². The number of likely N-dealkylation sites (tertiary alicyclic amines) is 1. The molecule has 5 heteroatoms. The number of hydrogen-bond donors (Lipinski definition) is 0. The maximum atomic E-state index is 12.5. The summed E-state index contributed by atoms with van der Waals surface area (Å²) >= 11 is 1.87. The minimum absolute atomic E-state index is 0.282. The molecule has 0 unspecified atom stereocenters. The van der Waals surface area contributed by atoms with Crippen molar-refractivity contribution in [1.82, 2.24) is 4.90 Å². The van der Waals surface area contributed by atoms with Crippen LogP contribution in [-0.2, 0) is 11.2 Å². The Morgan fingerprint density at radius 1 is 1.06 bits per heavy atom. The number of hydrogen-bond acceptors (Lipinski definition) is 4. The fourth-order valence-corrected chi connectivity index (χ4v) is 7.22. The van der Waals surface area contributed by atoms with Crippen LogP contribution in [0.1, 0.15) is 84.5 Å². The first-order valence-electron chi connectivity index (χ1n) is 13.1. The second-order valence-corrected chi connectivity index (χ2v) is 11.1. The Balaban J connectivity index is 1.48. The fourth-order valence-electron chi connectivity index (χ4n) is 5.80. The monoisotopic (exact) mass is 489 g/mol. The van der Waals surface area contributed by atoms with E-state index in [1.807, 2.05) is 28.4 Å². The van der Waals surface area contributed by atoms with Crippen LogP contribution in [0.2, 0.25) is 0 Å². The second-order valence-electron chi connectivity index (χ2n) is 10.0. The van der Waals surface area contributed by atoms with Gasteiger partial charge in [-0.1, -0.05) is 37.5 Å². The predicted molar refractivity (Wildman–Crippen MR) is 144 cm³/mol. The molecule has 4 nitrogen and oxygen atoms in total. The molecule has 35 heavy (non-hydrogen) atoms. The maximum absolute atomic E-state index is 12.5. The first kappa shape index (κ1) is 24.1. The summed E-state index contributed by atoms with van der Waals surface area (Å²) < 4.78 is 6.73. The minimum atomic E-state index is 0.282. The molecule has 2 fully saturated rings. The van der Waals surface area contributed by atoms with Gasteiger partial charge in [0.05, 0.1) is 7.11 Å². The number of aryl methyl sites for hydroxylation is 1. The van der Waals surface area contributed by atoms with Crippen LogP contribution in [0, 0.1) is 0 Å². The van der Waals surface area contributed by atoms with Crippen molar-refractivity contribution in [1.29, 1.82) is 0 Å². The van der Waals surface area contributed by atoms with Crippen molar-refractivity contribution in [2.24, 2.45) is 0 Å². The van der Waals surface area contributed by atoms with E-state index < -0.39 is 0 Å². The highest BCUT2D eigenvalue weighted by molar-refractivity contribution is 7.19. The number of fused-ring (bicyclic) bond motifs is 1. The number of nitrogens with zero attached hydrogens (tertiary/aromatic N) is 1. The third kappa shape index (κ3) is 5.16. The summed E-state index contributed by atoms with van der Waals surface area (Å²) in [5, 5.41) is 1.21. The quantitative estimate of drug-likeness (QED) is 0.310. The highest BCUT2D eigenvalue weighted by atomic mass is 32.1. The number of ether oxygens (including phenoxy) is 1. The largest absolute Gasteiger partial charge is 0.497 e. The Kier molecular flexibility index (Phi) is 7.52. The van der Waals surface area contributed by atoms with Crippen LogP contribution in [0.25, 0.3) is 21.2 Å². The SMILES string of the molecule is COc1ccc2c(-c3cc(CCCC(=O)N4CCCC4)ccc3C=O)c(C3CCCCC3)sc2c1. The molecule has 0 N–H and O–H groups in total. The van der Waals surface area contributed by atoms with Crippen LogP contribution in [0.4, 0.5) is 0 Å². The molecule has 1 amide bonds. The second kappa shape index (κ2) is 10.9. The molecule has 1 saturated carbocycles. The molecule has 1 aromatic heterocycles. The molecule has 1 aliphatic heterocycles. The lowest BCUT2D eigenvalue weighted by Gasteiger charge is -2.22. The molecule has 1 saturated heterocycles. The molecule has 0 atom stereocenters. The molecule has 2 heterocycles. The van der Waals surface area contributed by atoms with Gasteiger partial charge in [0.1, 0.15) is 5.75 Å². The third-order valence-corrected chi connectivity index (χ3v) is 9.04. The van der Waals surface area contributed by atoms with Crippen LogP contribution in [0.15, 0.2) is 36.4 Å². The molecule has 2 aliphatic rings. The summed E-state index contributed by atoms with van der Waals surface area (Å²) in [6.07, 6.45) is 11.8. The number of amides is 1. The minimum Gasteiger partial charge on any atom is -0.497 e. The number of carbonyl (C=O) groups excluding carboxylic acids is 2. The van der Waals surface area contributed by atoms with E-state index in [9.17, 15) is 9.59 Å². The van der Waals surface area contributed by atoms with E-state index in [4.69, 9.17) is 4.74 Å². The Labute approximate surface area is 212 Å². The Morgan fingerprint density at radius 2 is 1.86 bits per heavy atom. The van der Waals surface area contributed by atoms with Gasteiger partial charge in [-0.05, 0) is 73.8 Å². The number of thiophene rings is 1. The molecule has 5 rings (SSSR count). The van der Waals surface area contributed by atoms with E-state index in [1.165, 1.54) is 58.2 Å². The average Bonchev–Trinajstić information content (AvgIpc) is 3.57. The van der Waals surface area contributed by atoms with Crippen molar-refractivity contribution in [2.45, 2.75) is 70.1 Å². The molecule has 0 spiro atoms. The van der Waals surface area contributed by atoms with Crippen molar-refractivity contribution < 1.29 is 14.3 Å². The van der Waals surface area contributed by atoms with E-state index in [1.54, 1.807) is 7.11 Å². The first-order valence-corrected chi connectivity index (χ1v) is 14.0. The van der Waals surface area contributed by atoms with Gasteiger partial charge in [0.25, 0.3) is 0 Å². The zero-order valence-corrected chi connectivity index (χ0v) is 21.5. The van der Waals surface area contributed by atoms with Gasteiger partial charge in [0.2, 0.25) is 5.91 Å². The van der Waals surface area contributed by atoms with Crippen molar-refractivity contribution in [2.75, 3.05) is 20.2 Å². The van der Waals surface area contributed by atoms with E-state index in [-0.39, 0.29) is 5.91 Å². The van der Waals surface area contributed by atoms with Gasteiger partial charge >= 0.3 is 0 Å². The molecule has 2 aromatic carbocycles. The first-order chi connectivity index (χ1) is 17.2. The van der Waals surface area contributed by atoms with Gasteiger partial charge in [0, 0.05) is 45.6 Å². The fraction of sp³-hybridized carbons (Fsp3) is 0.467. The van der Waals surface area contributed by atoms with Crippen LogP contribution in [-0.4, -0.2) is 37.3 Å². The average molecular weight is 490 g/mol. The topological polar surface area (TPSA) is 46.6 Å². The van der Waals surface area contributed by atoms with Gasteiger partial charge < -0.3 is 9.64 Å². The van der Waals surface area contributed by atoms with Gasteiger partial charge in [0.15, 0.2) is 6.29 Å². The number of carbonyl (C=O) groups is 2. The van der Waals surface area contributed by atoms with Crippen molar-refractivity contribution in [3.63, 3.8) is 0 Å². The summed E-state index contributed by atoms with van der Waals surface area (Å²) in [7, 11) is 1.71. The maximum Gasteiger partial charge on any atom is 0.222 e. The summed E-state index contributed by atoms with van der Waals surface area (Å²) in [5.41, 5.74) is 4.22. The van der Waals surface area contributed by atoms with Crippen molar-refractivity contribution >= 4 is 33.6 Å². The van der Waals surface area contributed by atoms with Crippen LogP contribution in [0.5, 0.6) is 5.75 Å². The summed E-state index contributed by atoms with van der Waals surface area (Å²) in [5.74, 6) is 1.69. The lowest BCUT2D eigenvalue weighted by atomic mass is 9.84. The predicted octanol–water partition coefficient (Wildman–Crippen LogP) is 7.38. The lowest BCUT2D eigenvalue weighted by Crippen LogP contribution is -2.27. The Morgan fingerprint density at radius 3 is 2.60 bits per heavy atom. The van der Waals surface area contributed by atoms with Gasteiger partial charge in [-0.15, -0.1) is 11.3 Å². The van der Waals surface area contributed by atoms with Crippen molar-refractivity contribution in [3.05, 3.63) is 52.4 Å². The molecule has 184 valence electrons. The Bertz CT molecular complexity index is 1200. The molecule has 1 aliphatic carbocycles. The number of benzene rings is 2.